The van der Waals surface area contributed by atoms with E-state index in [4.69, 9.17) is 0 Å². The van der Waals surface area contributed by atoms with Crippen molar-refractivity contribution in [3.05, 3.63) is 54.5 Å². The van der Waals surface area contributed by atoms with Gasteiger partial charge in [0.25, 0.3) is 0 Å². The van der Waals surface area contributed by atoms with Gasteiger partial charge in [-0.3, -0.25) is 0 Å². The fraction of sp³-hybridized carbons (Fsp3) is 0.214. The lowest BCUT2D eigenvalue weighted by Gasteiger charge is -2.28. The predicted octanol–water partition coefficient (Wildman–Crippen LogP) is 3.50. The van der Waals surface area contributed by atoms with Crippen LogP contribution in [0, 0.1) is 10.2 Å². The zero-order chi connectivity index (χ0) is 12.2. The first-order valence-electron chi connectivity index (χ1n) is 5.60. The minimum atomic E-state index is 0.127. The van der Waals surface area contributed by atoms with Gasteiger partial charge in [-0.1, -0.05) is 57.8 Å². The Kier molecular flexibility index (Phi) is 2.69. The molecule has 0 amide bonds. The Morgan fingerprint density at radius 3 is 2.71 bits per heavy atom. The van der Waals surface area contributed by atoms with E-state index in [1.54, 1.807) is 0 Å². The zero-order valence-electron chi connectivity index (χ0n) is 9.72. The van der Waals surface area contributed by atoms with Gasteiger partial charge < -0.3 is 0 Å². The van der Waals surface area contributed by atoms with Crippen LogP contribution in [0.25, 0.3) is 5.57 Å². The Morgan fingerprint density at radius 1 is 1.18 bits per heavy atom. The number of benzene rings is 1. The second-order valence-corrected chi connectivity index (χ2v) is 8.47. The van der Waals surface area contributed by atoms with Crippen molar-refractivity contribution < 1.29 is 0 Å². The lowest BCUT2D eigenvalue weighted by molar-refractivity contribution is 0.644. The molecule has 3 rings (SSSR count). The number of rotatable bonds is 0. The van der Waals surface area contributed by atoms with E-state index in [1.807, 2.05) is 0 Å². The van der Waals surface area contributed by atoms with Gasteiger partial charge in [-0.05, 0) is 39.0 Å². The van der Waals surface area contributed by atoms with Gasteiger partial charge in [0.15, 0.2) is 0 Å². The maximum Gasteiger partial charge on any atom is 0.0398 e. The fourth-order valence-corrected chi connectivity index (χ4v) is 5.98. The van der Waals surface area contributed by atoms with Gasteiger partial charge in [0.2, 0.25) is 0 Å². The standard InChI is InChI=1S/C14H12Br2Si/c1-14(2)7-9(16)6-12-13(14)10-5-8(15)3-4-11(10)17-12/h3-7,17H,1-2H3. The zero-order valence-corrected chi connectivity index (χ0v) is 14.0. The van der Waals surface area contributed by atoms with E-state index in [0.717, 1.165) is 0 Å². The molecule has 0 atom stereocenters. The van der Waals surface area contributed by atoms with Crippen LogP contribution in [-0.4, -0.2) is 9.13 Å². The number of hydrogen-bond acceptors (Lipinski definition) is 0. The highest BCUT2D eigenvalue weighted by Crippen LogP contribution is 2.41. The van der Waals surface area contributed by atoms with E-state index < -0.39 is 0 Å². The average molecular weight is 368 g/mol. The maximum absolute atomic E-state index is 3.64. The van der Waals surface area contributed by atoms with Gasteiger partial charge in [0.1, 0.15) is 0 Å². The minimum absolute atomic E-state index is 0.127. The molecule has 0 fully saturated rings. The van der Waals surface area contributed by atoms with E-state index in [1.165, 1.54) is 29.8 Å². The summed E-state index contributed by atoms with van der Waals surface area (Å²) in [6.07, 6.45) is 4.60. The molecule has 1 aliphatic carbocycles. The molecule has 1 heterocycles. The third-order valence-corrected chi connectivity index (χ3v) is 5.85. The van der Waals surface area contributed by atoms with Gasteiger partial charge in [0.05, 0.1) is 0 Å². The third kappa shape index (κ3) is 1.88. The van der Waals surface area contributed by atoms with Crippen molar-refractivity contribution in [2.45, 2.75) is 13.8 Å². The van der Waals surface area contributed by atoms with Crippen LogP contribution < -0.4 is 5.22 Å². The Bertz CT molecular complexity index is 693. The molecule has 0 saturated heterocycles. The van der Waals surface area contributed by atoms with Crippen LogP contribution in [0.5, 0.6) is 0 Å². The predicted molar refractivity (Wildman–Crippen MR) is 82.0 cm³/mol. The fourth-order valence-electron chi connectivity index (χ4n) is 2.71. The molecule has 1 aliphatic heterocycles. The number of hydrogen-bond donors (Lipinski definition) is 0. The van der Waals surface area contributed by atoms with Crippen molar-refractivity contribution in [2.75, 3.05) is 0 Å². The van der Waals surface area contributed by atoms with Crippen LogP contribution in [-0.2, 0) is 0 Å². The molecule has 0 unspecified atom stereocenters. The first-order chi connectivity index (χ1) is 7.97. The van der Waals surface area contributed by atoms with Crippen molar-refractivity contribution in [3.8, 4) is 0 Å². The summed E-state index contributed by atoms with van der Waals surface area (Å²) in [5.41, 5.74) is 1.65. The van der Waals surface area contributed by atoms with Gasteiger partial charge in [0, 0.05) is 23.5 Å². The van der Waals surface area contributed by atoms with Crippen LogP contribution >= 0.6 is 31.9 Å². The molecule has 17 heavy (non-hydrogen) atoms. The van der Waals surface area contributed by atoms with Crippen molar-refractivity contribution in [2.24, 2.45) is 5.41 Å². The SMILES string of the molecule is CC1(C)C=C(Br)C=C2[SiH]=c3ccc(Br)cc3=C21. The number of fused-ring (bicyclic) bond motifs is 2. The average Bonchev–Trinajstić information content (AvgIpc) is 2.53. The highest BCUT2D eigenvalue weighted by atomic mass is 79.9. The van der Waals surface area contributed by atoms with E-state index in [-0.39, 0.29) is 14.5 Å². The summed E-state index contributed by atoms with van der Waals surface area (Å²) in [6, 6.07) is 6.69. The molecule has 0 radical (unpaired) electrons. The van der Waals surface area contributed by atoms with Gasteiger partial charge in [-0.15, -0.1) is 0 Å². The minimum Gasteiger partial charge on any atom is -0.0602 e. The molecule has 3 heteroatoms. The van der Waals surface area contributed by atoms with Crippen LogP contribution in [0.3, 0.4) is 0 Å². The molecule has 86 valence electrons. The molecule has 2 aliphatic rings. The van der Waals surface area contributed by atoms with Gasteiger partial charge in [-0.2, -0.15) is 0 Å². The van der Waals surface area contributed by atoms with Crippen molar-refractivity contribution >= 4 is 46.6 Å². The summed E-state index contributed by atoms with van der Waals surface area (Å²) in [4.78, 5) is 1.53. The quantitative estimate of drug-likeness (QED) is 0.615. The van der Waals surface area contributed by atoms with Crippen molar-refractivity contribution in [1.82, 2.24) is 0 Å². The van der Waals surface area contributed by atoms with Gasteiger partial charge >= 0.3 is 0 Å². The molecule has 0 nitrogen and oxygen atoms in total. The van der Waals surface area contributed by atoms with Crippen molar-refractivity contribution in [1.29, 1.82) is 0 Å². The second-order valence-electron chi connectivity index (χ2n) is 5.10. The lowest BCUT2D eigenvalue weighted by atomic mass is 9.80. The van der Waals surface area contributed by atoms with E-state index in [9.17, 15) is 0 Å². The largest absolute Gasteiger partial charge is 0.0602 e. The van der Waals surface area contributed by atoms with Crippen LogP contribution in [0.2, 0.25) is 0 Å². The van der Waals surface area contributed by atoms with E-state index in [0.29, 0.717) is 0 Å². The first-order valence-corrected chi connectivity index (χ1v) is 8.34. The van der Waals surface area contributed by atoms with Crippen LogP contribution in [0.4, 0.5) is 0 Å². The topological polar surface area (TPSA) is 0 Å². The van der Waals surface area contributed by atoms with Crippen LogP contribution in [0.15, 0.2) is 44.5 Å². The van der Waals surface area contributed by atoms with E-state index >= 15 is 0 Å². The molecular formula is C14H12Br2Si. The van der Waals surface area contributed by atoms with Gasteiger partial charge in [-0.25, -0.2) is 0 Å². The van der Waals surface area contributed by atoms with Crippen molar-refractivity contribution in [3.63, 3.8) is 0 Å². The second kappa shape index (κ2) is 3.87. The molecule has 0 saturated carbocycles. The summed E-state index contributed by atoms with van der Waals surface area (Å²) in [6.45, 7) is 4.60. The Hall–Kier alpha value is -0.253. The highest BCUT2D eigenvalue weighted by molar-refractivity contribution is 9.12. The summed E-state index contributed by atoms with van der Waals surface area (Å²) in [5.74, 6) is 0. The maximum atomic E-state index is 3.64. The highest BCUT2D eigenvalue weighted by Gasteiger charge is 2.29. The monoisotopic (exact) mass is 366 g/mol. The summed E-state index contributed by atoms with van der Waals surface area (Å²) >= 11 is 7.22. The molecule has 0 spiro atoms. The first kappa shape index (κ1) is 11.8. The summed E-state index contributed by atoms with van der Waals surface area (Å²) in [5, 5.41) is 2.99. The molecule has 0 N–H and O–H groups in total. The Morgan fingerprint density at radius 2 is 1.94 bits per heavy atom. The summed E-state index contributed by atoms with van der Waals surface area (Å²) in [7, 11) is 0.252. The molecular weight excluding hydrogens is 356 g/mol. The third-order valence-electron chi connectivity index (χ3n) is 3.32. The summed E-state index contributed by atoms with van der Waals surface area (Å²) < 4.78 is 2.40. The molecule has 1 aromatic carbocycles. The molecule has 0 aromatic heterocycles. The Balaban J connectivity index is 2.44. The Labute approximate surface area is 120 Å². The number of allylic oxidation sites excluding steroid dienone is 4. The molecule has 0 bridgehead atoms. The van der Waals surface area contributed by atoms with E-state index in [2.05, 4.69) is 76.1 Å². The normalized spacial score (nSPS) is 20.1. The van der Waals surface area contributed by atoms with Crippen LogP contribution in [0.1, 0.15) is 13.8 Å². The lowest BCUT2D eigenvalue weighted by Crippen LogP contribution is -2.21. The molecule has 1 aromatic rings. The number of halogens is 2. The smallest absolute Gasteiger partial charge is 0.0398 e.